The molecule has 0 aliphatic rings. The van der Waals surface area contributed by atoms with Crippen LogP contribution in [0.1, 0.15) is 11.1 Å². The largest absolute Gasteiger partial charge is 0.496 e. The number of hydrogen-bond acceptors (Lipinski definition) is 6. The number of methoxy groups -OCH3 is 1. The molecular weight excluding hydrogens is 262 g/mol. The van der Waals surface area contributed by atoms with Crippen LogP contribution in [0.2, 0.25) is 0 Å². The Morgan fingerprint density at radius 1 is 1.30 bits per heavy atom. The molecule has 0 radical (unpaired) electrons. The van der Waals surface area contributed by atoms with E-state index in [4.69, 9.17) is 25.9 Å². The van der Waals surface area contributed by atoms with E-state index in [0.717, 1.165) is 5.56 Å². The minimum atomic E-state index is -0.0176. The van der Waals surface area contributed by atoms with E-state index in [9.17, 15) is 0 Å². The van der Waals surface area contributed by atoms with Gasteiger partial charge in [-0.05, 0) is 17.7 Å². The molecule has 112 valence electrons. The number of rotatable bonds is 8. The van der Waals surface area contributed by atoms with Gasteiger partial charge in [0.15, 0.2) is 5.84 Å². The highest BCUT2D eigenvalue weighted by Crippen LogP contribution is 2.21. The quantitative estimate of drug-likeness (QED) is 0.223. The maximum atomic E-state index is 8.98. The third-order valence-electron chi connectivity index (χ3n) is 2.89. The van der Waals surface area contributed by atoms with Crippen molar-refractivity contribution in [3.8, 4) is 5.75 Å². The SMILES string of the molecule is COc1cc(CN(CCO)CCO)ccc1/C(N)=N/O. The van der Waals surface area contributed by atoms with E-state index in [0.29, 0.717) is 30.9 Å². The molecular formula is C13H21N3O4. The molecule has 0 saturated heterocycles. The van der Waals surface area contributed by atoms with Gasteiger partial charge in [-0.1, -0.05) is 11.2 Å². The van der Waals surface area contributed by atoms with Crippen molar-refractivity contribution in [2.75, 3.05) is 33.4 Å². The Kier molecular flexibility index (Phi) is 6.78. The van der Waals surface area contributed by atoms with E-state index < -0.39 is 0 Å². The van der Waals surface area contributed by atoms with Gasteiger partial charge in [0, 0.05) is 19.6 Å². The number of benzene rings is 1. The van der Waals surface area contributed by atoms with Gasteiger partial charge < -0.3 is 25.9 Å². The topological polar surface area (TPSA) is 112 Å². The maximum absolute atomic E-state index is 8.98. The van der Waals surface area contributed by atoms with Gasteiger partial charge in [-0.3, -0.25) is 4.90 Å². The average Bonchev–Trinajstić information content (AvgIpc) is 2.46. The molecule has 0 bridgehead atoms. The minimum Gasteiger partial charge on any atom is -0.496 e. The number of nitrogens with two attached hydrogens (primary N) is 1. The molecule has 0 heterocycles. The van der Waals surface area contributed by atoms with Gasteiger partial charge in [0.05, 0.1) is 25.9 Å². The fourth-order valence-electron chi connectivity index (χ4n) is 1.91. The van der Waals surface area contributed by atoms with Crippen LogP contribution in [0, 0.1) is 0 Å². The first-order valence-electron chi connectivity index (χ1n) is 6.25. The Morgan fingerprint density at radius 2 is 1.95 bits per heavy atom. The normalized spacial score (nSPS) is 11.9. The van der Waals surface area contributed by atoms with Crippen molar-refractivity contribution in [3.63, 3.8) is 0 Å². The van der Waals surface area contributed by atoms with Crippen LogP contribution in [0.3, 0.4) is 0 Å². The number of oxime groups is 1. The molecule has 1 rings (SSSR count). The third-order valence-corrected chi connectivity index (χ3v) is 2.89. The van der Waals surface area contributed by atoms with Gasteiger partial charge in [-0.15, -0.1) is 0 Å². The van der Waals surface area contributed by atoms with Crippen molar-refractivity contribution in [1.29, 1.82) is 0 Å². The van der Waals surface area contributed by atoms with Gasteiger partial charge >= 0.3 is 0 Å². The lowest BCUT2D eigenvalue weighted by Gasteiger charge is -2.20. The van der Waals surface area contributed by atoms with Crippen molar-refractivity contribution in [1.82, 2.24) is 4.90 Å². The smallest absolute Gasteiger partial charge is 0.173 e. The number of nitrogens with zero attached hydrogens (tertiary/aromatic N) is 2. The summed E-state index contributed by atoms with van der Waals surface area (Å²) in [6, 6.07) is 5.33. The van der Waals surface area contributed by atoms with Crippen LogP contribution in [-0.2, 0) is 6.54 Å². The van der Waals surface area contributed by atoms with Crippen molar-refractivity contribution in [2.24, 2.45) is 10.9 Å². The lowest BCUT2D eigenvalue weighted by molar-refractivity contribution is 0.156. The predicted molar refractivity (Wildman–Crippen MR) is 75.0 cm³/mol. The molecule has 0 unspecified atom stereocenters. The molecule has 0 fully saturated rings. The molecule has 0 aromatic heterocycles. The molecule has 7 nitrogen and oxygen atoms in total. The lowest BCUT2D eigenvalue weighted by Crippen LogP contribution is -2.29. The van der Waals surface area contributed by atoms with E-state index in [2.05, 4.69) is 5.16 Å². The van der Waals surface area contributed by atoms with Crippen molar-refractivity contribution in [3.05, 3.63) is 29.3 Å². The fraction of sp³-hybridized carbons (Fsp3) is 0.462. The molecule has 0 atom stereocenters. The van der Waals surface area contributed by atoms with Crippen LogP contribution >= 0.6 is 0 Å². The standard InChI is InChI=1S/C13H21N3O4/c1-20-12-8-10(2-3-11(12)13(14)15-19)9-16(4-6-17)5-7-18/h2-3,8,17-19H,4-7,9H2,1H3,(H2,14,15). The number of aliphatic hydroxyl groups excluding tert-OH is 2. The molecule has 5 N–H and O–H groups in total. The monoisotopic (exact) mass is 283 g/mol. The highest BCUT2D eigenvalue weighted by atomic mass is 16.5. The fourth-order valence-corrected chi connectivity index (χ4v) is 1.91. The van der Waals surface area contributed by atoms with Gasteiger partial charge in [-0.2, -0.15) is 0 Å². The molecule has 1 aromatic rings. The Hall–Kier alpha value is -1.83. The Labute approximate surface area is 117 Å². The van der Waals surface area contributed by atoms with Gasteiger partial charge in [0.25, 0.3) is 0 Å². The highest BCUT2D eigenvalue weighted by molar-refractivity contribution is 5.99. The summed E-state index contributed by atoms with van der Waals surface area (Å²) in [7, 11) is 1.51. The summed E-state index contributed by atoms with van der Waals surface area (Å²) in [5, 5.41) is 29.6. The molecule has 20 heavy (non-hydrogen) atoms. The van der Waals surface area contributed by atoms with Gasteiger partial charge in [-0.25, -0.2) is 0 Å². The van der Waals surface area contributed by atoms with E-state index in [1.54, 1.807) is 12.1 Å². The number of amidine groups is 1. The number of aliphatic hydroxyl groups is 2. The van der Waals surface area contributed by atoms with Crippen LogP contribution in [0.4, 0.5) is 0 Å². The van der Waals surface area contributed by atoms with Crippen LogP contribution in [-0.4, -0.2) is 59.6 Å². The second-order valence-electron chi connectivity index (χ2n) is 4.24. The van der Waals surface area contributed by atoms with Crippen molar-refractivity contribution < 1.29 is 20.2 Å². The Balaban J connectivity index is 2.91. The number of ether oxygens (including phenoxy) is 1. The summed E-state index contributed by atoms with van der Waals surface area (Å²) in [5.41, 5.74) is 7.01. The second kappa shape index (κ2) is 8.36. The molecule has 0 amide bonds. The summed E-state index contributed by atoms with van der Waals surface area (Å²) >= 11 is 0. The minimum absolute atomic E-state index is 0.0176. The van der Waals surface area contributed by atoms with Gasteiger partial charge in [0.1, 0.15) is 5.75 Å². The number of hydrogen-bond donors (Lipinski definition) is 4. The zero-order valence-electron chi connectivity index (χ0n) is 11.5. The first-order valence-corrected chi connectivity index (χ1v) is 6.25. The molecule has 0 aliphatic carbocycles. The van der Waals surface area contributed by atoms with E-state index in [1.807, 2.05) is 11.0 Å². The average molecular weight is 283 g/mol. The zero-order valence-corrected chi connectivity index (χ0v) is 11.5. The summed E-state index contributed by atoms with van der Waals surface area (Å²) < 4.78 is 5.22. The maximum Gasteiger partial charge on any atom is 0.173 e. The van der Waals surface area contributed by atoms with Crippen molar-refractivity contribution >= 4 is 5.84 Å². The summed E-state index contributed by atoms with van der Waals surface area (Å²) in [6.07, 6.45) is 0. The molecule has 1 aromatic carbocycles. The molecule has 7 heteroatoms. The molecule has 0 saturated carbocycles. The highest BCUT2D eigenvalue weighted by Gasteiger charge is 2.11. The van der Waals surface area contributed by atoms with E-state index in [-0.39, 0.29) is 19.0 Å². The molecule has 0 aliphatic heterocycles. The third kappa shape index (κ3) is 4.37. The Bertz CT molecular complexity index is 445. The van der Waals surface area contributed by atoms with E-state index in [1.165, 1.54) is 7.11 Å². The van der Waals surface area contributed by atoms with Crippen LogP contribution in [0.25, 0.3) is 0 Å². The summed E-state index contributed by atoms with van der Waals surface area (Å²) in [6.45, 7) is 1.57. The molecule has 0 spiro atoms. The van der Waals surface area contributed by atoms with Gasteiger partial charge in [0.2, 0.25) is 0 Å². The lowest BCUT2D eigenvalue weighted by atomic mass is 10.1. The van der Waals surface area contributed by atoms with E-state index >= 15 is 0 Å². The van der Waals surface area contributed by atoms with Crippen LogP contribution < -0.4 is 10.5 Å². The Morgan fingerprint density at radius 3 is 2.45 bits per heavy atom. The summed E-state index contributed by atoms with van der Waals surface area (Å²) in [5.74, 6) is 0.488. The zero-order chi connectivity index (χ0) is 15.0. The van der Waals surface area contributed by atoms with Crippen LogP contribution in [0.5, 0.6) is 5.75 Å². The van der Waals surface area contributed by atoms with Crippen LogP contribution in [0.15, 0.2) is 23.4 Å². The predicted octanol–water partition coefficient (Wildman–Crippen LogP) is -0.424. The summed E-state index contributed by atoms with van der Waals surface area (Å²) in [4.78, 5) is 1.91. The first kappa shape index (κ1) is 16.2. The van der Waals surface area contributed by atoms with Crippen molar-refractivity contribution in [2.45, 2.75) is 6.54 Å². The second-order valence-corrected chi connectivity index (χ2v) is 4.24. The first-order chi connectivity index (χ1) is 9.65.